The van der Waals surface area contributed by atoms with Gasteiger partial charge in [0.2, 0.25) is 0 Å². The van der Waals surface area contributed by atoms with E-state index in [2.05, 4.69) is 5.10 Å². The van der Waals surface area contributed by atoms with Gasteiger partial charge >= 0.3 is 0 Å². The average Bonchev–Trinajstić information content (AvgIpc) is 3.42. The number of aromatic nitrogens is 2. The second kappa shape index (κ2) is 8.03. The number of para-hydroxylation sites is 1. The third-order valence-corrected chi connectivity index (χ3v) is 5.23. The second-order valence-electron chi connectivity index (χ2n) is 8.08. The summed E-state index contributed by atoms with van der Waals surface area (Å²) in [6.07, 6.45) is 2.44. The number of hydrogen-bond acceptors (Lipinski definition) is 4. The lowest BCUT2D eigenvalue weighted by Crippen LogP contribution is -2.32. The number of carbonyl (C=O) groups is 1. The highest BCUT2D eigenvalue weighted by atomic mass is 19.1. The first-order valence-electron chi connectivity index (χ1n) is 10.1. The van der Waals surface area contributed by atoms with Crippen molar-refractivity contribution in [2.24, 2.45) is 0 Å². The van der Waals surface area contributed by atoms with E-state index < -0.39 is 5.60 Å². The standard InChI is InChI=1S/C24H25FN2O3/c1-16(28)24(2,3)29-15-18-14-23(27(26-18)22-10-5-4-9-21(22)25)17-7-6-8-20(13-17)30-19-11-12-19/h4-10,13-14,19H,11-12,15H2,1-3H3. The van der Waals surface area contributed by atoms with Gasteiger partial charge in [-0.25, -0.2) is 9.07 Å². The normalized spacial score (nSPS) is 14.0. The van der Waals surface area contributed by atoms with E-state index in [1.54, 1.807) is 36.7 Å². The Bertz CT molecular complexity index is 1070. The molecule has 0 radical (unpaired) electrons. The molecule has 2 aromatic carbocycles. The van der Waals surface area contributed by atoms with Crippen LogP contribution in [0.2, 0.25) is 0 Å². The van der Waals surface area contributed by atoms with Gasteiger partial charge in [0.05, 0.1) is 24.1 Å². The number of hydrogen-bond donors (Lipinski definition) is 0. The molecule has 1 aliphatic rings. The van der Waals surface area contributed by atoms with E-state index in [0.717, 1.165) is 29.8 Å². The Hall–Kier alpha value is -2.99. The molecule has 0 saturated heterocycles. The molecule has 0 unspecified atom stereocenters. The van der Waals surface area contributed by atoms with E-state index >= 15 is 0 Å². The highest BCUT2D eigenvalue weighted by Gasteiger charge is 2.26. The predicted octanol–water partition coefficient (Wildman–Crippen LogP) is 5.10. The minimum Gasteiger partial charge on any atom is -0.490 e. The van der Waals surface area contributed by atoms with Crippen molar-refractivity contribution in [2.75, 3.05) is 0 Å². The maximum atomic E-state index is 14.6. The van der Waals surface area contributed by atoms with E-state index in [0.29, 0.717) is 11.4 Å². The molecule has 5 nitrogen and oxygen atoms in total. The Labute approximate surface area is 175 Å². The van der Waals surface area contributed by atoms with Crippen LogP contribution in [0.5, 0.6) is 5.75 Å². The van der Waals surface area contributed by atoms with Crippen LogP contribution < -0.4 is 4.74 Å². The fourth-order valence-corrected chi connectivity index (χ4v) is 2.98. The van der Waals surface area contributed by atoms with Gasteiger partial charge in [-0.15, -0.1) is 0 Å². The fraction of sp³-hybridized carbons (Fsp3) is 0.333. The van der Waals surface area contributed by atoms with Gasteiger partial charge < -0.3 is 9.47 Å². The van der Waals surface area contributed by atoms with Gasteiger partial charge in [0, 0.05) is 5.56 Å². The molecular weight excluding hydrogens is 383 g/mol. The first-order chi connectivity index (χ1) is 14.3. The smallest absolute Gasteiger partial charge is 0.161 e. The number of halogens is 1. The highest BCUT2D eigenvalue weighted by Crippen LogP contribution is 2.32. The molecule has 4 rings (SSSR count). The highest BCUT2D eigenvalue weighted by molar-refractivity contribution is 5.83. The molecular formula is C24H25FN2O3. The Kier molecular flexibility index (Phi) is 5.43. The van der Waals surface area contributed by atoms with Crippen LogP contribution in [0.1, 0.15) is 39.3 Å². The molecule has 3 aromatic rings. The van der Waals surface area contributed by atoms with Crippen LogP contribution >= 0.6 is 0 Å². The summed E-state index contributed by atoms with van der Waals surface area (Å²) in [5.41, 5.74) is 1.62. The Morgan fingerprint density at radius 2 is 1.93 bits per heavy atom. The summed E-state index contributed by atoms with van der Waals surface area (Å²) in [7, 11) is 0. The molecule has 30 heavy (non-hydrogen) atoms. The van der Waals surface area contributed by atoms with Crippen molar-refractivity contribution >= 4 is 5.78 Å². The first kappa shape index (κ1) is 20.3. The minimum atomic E-state index is -0.917. The van der Waals surface area contributed by atoms with Gasteiger partial charge in [-0.1, -0.05) is 24.3 Å². The summed E-state index contributed by atoms with van der Waals surface area (Å²) >= 11 is 0. The van der Waals surface area contributed by atoms with Crippen molar-refractivity contribution in [3.05, 3.63) is 66.1 Å². The summed E-state index contributed by atoms with van der Waals surface area (Å²) < 4.78 is 27.8. The molecule has 0 aliphatic heterocycles. The van der Waals surface area contributed by atoms with Crippen molar-refractivity contribution in [2.45, 2.75) is 51.9 Å². The number of benzene rings is 2. The van der Waals surface area contributed by atoms with Crippen molar-refractivity contribution in [1.82, 2.24) is 9.78 Å². The van der Waals surface area contributed by atoms with E-state index in [1.807, 2.05) is 30.3 Å². The molecule has 156 valence electrons. The summed E-state index contributed by atoms with van der Waals surface area (Å²) in [6, 6.07) is 16.1. The van der Waals surface area contributed by atoms with Crippen LogP contribution in [0.15, 0.2) is 54.6 Å². The Morgan fingerprint density at radius 1 is 1.17 bits per heavy atom. The van der Waals surface area contributed by atoms with Gasteiger partial charge in [0.15, 0.2) is 5.78 Å². The molecule has 0 bridgehead atoms. The maximum Gasteiger partial charge on any atom is 0.161 e. The summed E-state index contributed by atoms with van der Waals surface area (Å²) in [6.45, 7) is 5.08. The van der Waals surface area contributed by atoms with Crippen LogP contribution in [-0.2, 0) is 16.1 Å². The fourth-order valence-electron chi connectivity index (χ4n) is 2.98. The lowest BCUT2D eigenvalue weighted by atomic mass is 10.1. The van der Waals surface area contributed by atoms with Crippen LogP contribution in [0.4, 0.5) is 4.39 Å². The zero-order valence-electron chi connectivity index (χ0n) is 17.4. The molecule has 0 spiro atoms. The van der Waals surface area contributed by atoms with E-state index in [4.69, 9.17) is 9.47 Å². The van der Waals surface area contributed by atoms with Crippen LogP contribution in [0, 0.1) is 5.82 Å². The van der Waals surface area contributed by atoms with Gasteiger partial charge in [-0.05, 0) is 63.9 Å². The molecule has 1 aromatic heterocycles. The molecule has 1 fully saturated rings. The number of ketones is 1. The van der Waals surface area contributed by atoms with Crippen LogP contribution in [-0.4, -0.2) is 27.3 Å². The van der Waals surface area contributed by atoms with Gasteiger partial charge in [0.1, 0.15) is 22.9 Å². The van der Waals surface area contributed by atoms with E-state index in [1.165, 1.54) is 13.0 Å². The zero-order valence-corrected chi connectivity index (χ0v) is 17.4. The van der Waals surface area contributed by atoms with Gasteiger partial charge in [-0.3, -0.25) is 4.79 Å². The molecule has 0 atom stereocenters. The largest absolute Gasteiger partial charge is 0.490 e. The van der Waals surface area contributed by atoms with Crippen molar-refractivity contribution in [1.29, 1.82) is 0 Å². The minimum absolute atomic E-state index is 0.0683. The summed E-state index contributed by atoms with van der Waals surface area (Å²) in [5.74, 6) is 0.344. The number of ether oxygens (including phenoxy) is 2. The number of Topliss-reactive ketones (excluding diaryl/α,β-unsaturated/α-hetero) is 1. The topological polar surface area (TPSA) is 53.4 Å². The quantitative estimate of drug-likeness (QED) is 0.520. The molecule has 1 saturated carbocycles. The maximum absolute atomic E-state index is 14.6. The van der Waals surface area contributed by atoms with E-state index in [-0.39, 0.29) is 24.3 Å². The Morgan fingerprint density at radius 3 is 2.63 bits per heavy atom. The number of nitrogens with zero attached hydrogens (tertiary/aromatic N) is 2. The molecule has 1 aliphatic carbocycles. The molecule has 6 heteroatoms. The average molecular weight is 408 g/mol. The third-order valence-electron chi connectivity index (χ3n) is 5.23. The molecule has 0 N–H and O–H groups in total. The zero-order chi connectivity index (χ0) is 21.3. The first-order valence-corrected chi connectivity index (χ1v) is 10.1. The summed E-state index contributed by atoms with van der Waals surface area (Å²) in [4.78, 5) is 11.8. The number of rotatable bonds is 8. The van der Waals surface area contributed by atoms with Gasteiger partial charge in [0.25, 0.3) is 0 Å². The third kappa shape index (κ3) is 4.44. The summed E-state index contributed by atoms with van der Waals surface area (Å²) in [5, 5.41) is 4.58. The van der Waals surface area contributed by atoms with Crippen molar-refractivity contribution in [3.63, 3.8) is 0 Å². The van der Waals surface area contributed by atoms with Crippen molar-refractivity contribution < 1.29 is 18.7 Å². The lowest BCUT2D eigenvalue weighted by Gasteiger charge is -2.21. The predicted molar refractivity (Wildman–Crippen MR) is 112 cm³/mol. The Balaban J connectivity index is 1.71. The van der Waals surface area contributed by atoms with Crippen LogP contribution in [0.3, 0.4) is 0 Å². The second-order valence-corrected chi connectivity index (χ2v) is 8.08. The SMILES string of the molecule is CC(=O)C(C)(C)OCc1cc(-c2cccc(OC3CC3)c2)n(-c2ccccc2F)n1. The number of carbonyl (C=O) groups excluding carboxylic acids is 1. The van der Waals surface area contributed by atoms with Crippen molar-refractivity contribution in [3.8, 4) is 22.7 Å². The molecule has 0 amide bonds. The monoisotopic (exact) mass is 408 g/mol. The lowest BCUT2D eigenvalue weighted by molar-refractivity contribution is -0.139. The molecule has 1 heterocycles. The van der Waals surface area contributed by atoms with E-state index in [9.17, 15) is 9.18 Å². The van der Waals surface area contributed by atoms with Gasteiger partial charge in [-0.2, -0.15) is 5.10 Å². The van der Waals surface area contributed by atoms with Crippen LogP contribution in [0.25, 0.3) is 16.9 Å².